The van der Waals surface area contributed by atoms with Crippen LogP contribution in [0.1, 0.15) is 25.6 Å². The van der Waals surface area contributed by atoms with Gasteiger partial charge in [0.05, 0.1) is 0 Å². The first-order chi connectivity index (χ1) is 9.36. The van der Waals surface area contributed by atoms with E-state index in [9.17, 15) is 8.78 Å². The predicted octanol–water partition coefficient (Wildman–Crippen LogP) is 4.02. The minimum atomic E-state index is -1.09. The summed E-state index contributed by atoms with van der Waals surface area (Å²) in [7, 11) is 0. The third kappa shape index (κ3) is 3.22. The predicted molar refractivity (Wildman–Crippen MR) is 74.7 cm³/mol. The van der Waals surface area contributed by atoms with Crippen LogP contribution in [0.25, 0.3) is 0 Å². The summed E-state index contributed by atoms with van der Waals surface area (Å²) in [5, 5.41) is 0. The lowest BCUT2D eigenvalue weighted by Crippen LogP contribution is -2.03. The summed E-state index contributed by atoms with van der Waals surface area (Å²) in [6.45, 7) is 3.77. The molecule has 0 unspecified atom stereocenters. The van der Waals surface area contributed by atoms with Gasteiger partial charge in [0, 0.05) is 16.5 Å². The van der Waals surface area contributed by atoms with Gasteiger partial charge in [0.1, 0.15) is 11.6 Å². The standard InChI is InChI=1S/C13H12BrF2N3O/c1-6(2)13-18-10(17)5-11(19-13)20-9-4-7(14)3-8(15)12(9)16/h3-6H,1-2H3,(H2,17,18,19). The first-order valence-corrected chi connectivity index (χ1v) is 6.63. The monoisotopic (exact) mass is 343 g/mol. The second-order valence-corrected chi connectivity index (χ2v) is 5.36. The smallest absolute Gasteiger partial charge is 0.224 e. The Morgan fingerprint density at radius 1 is 1.20 bits per heavy atom. The van der Waals surface area contributed by atoms with E-state index in [4.69, 9.17) is 10.5 Å². The molecule has 1 aromatic carbocycles. The average Bonchev–Trinajstić information content (AvgIpc) is 2.34. The molecule has 0 saturated carbocycles. The molecule has 2 N–H and O–H groups in total. The summed E-state index contributed by atoms with van der Waals surface area (Å²) >= 11 is 3.07. The normalized spacial score (nSPS) is 10.9. The van der Waals surface area contributed by atoms with Gasteiger partial charge >= 0.3 is 0 Å². The number of benzene rings is 1. The Balaban J connectivity index is 2.40. The van der Waals surface area contributed by atoms with Crippen molar-refractivity contribution in [2.75, 3.05) is 5.73 Å². The van der Waals surface area contributed by atoms with Crippen molar-refractivity contribution < 1.29 is 13.5 Å². The van der Waals surface area contributed by atoms with Crippen molar-refractivity contribution in [3.05, 3.63) is 40.1 Å². The van der Waals surface area contributed by atoms with Gasteiger partial charge < -0.3 is 10.5 Å². The van der Waals surface area contributed by atoms with E-state index in [2.05, 4.69) is 25.9 Å². The molecule has 1 heterocycles. The number of aromatic nitrogens is 2. The molecule has 0 atom stereocenters. The fourth-order valence-corrected chi connectivity index (χ4v) is 1.90. The molecular weight excluding hydrogens is 332 g/mol. The number of nitrogen functional groups attached to an aromatic ring is 1. The van der Waals surface area contributed by atoms with Crippen LogP contribution < -0.4 is 10.5 Å². The van der Waals surface area contributed by atoms with Crippen LogP contribution in [0.3, 0.4) is 0 Å². The van der Waals surface area contributed by atoms with Gasteiger partial charge in [-0.15, -0.1) is 0 Å². The van der Waals surface area contributed by atoms with Gasteiger partial charge in [-0.2, -0.15) is 9.37 Å². The van der Waals surface area contributed by atoms with Crippen molar-refractivity contribution in [2.45, 2.75) is 19.8 Å². The molecule has 0 spiro atoms. The highest BCUT2D eigenvalue weighted by Crippen LogP contribution is 2.29. The fraction of sp³-hybridized carbons (Fsp3) is 0.231. The summed E-state index contributed by atoms with van der Waals surface area (Å²) < 4.78 is 32.5. The number of hydrogen-bond acceptors (Lipinski definition) is 4. The Morgan fingerprint density at radius 3 is 2.55 bits per heavy atom. The lowest BCUT2D eigenvalue weighted by Gasteiger charge is -2.10. The van der Waals surface area contributed by atoms with Crippen LogP contribution in [0.5, 0.6) is 11.6 Å². The highest BCUT2D eigenvalue weighted by atomic mass is 79.9. The van der Waals surface area contributed by atoms with Crippen LogP contribution in [0, 0.1) is 11.6 Å². The minimum Gasteiger partial charge on any atom is -0.436 e. The Labute approximate surface area is 123 Å². The van der Waals surface area contributed by atoms with Crippen LogP contribution in [0.2, 0.25) is 0 Å². The van der Waals surface area contributed by atoms with Crippen LogP contribution in [-0.2, 0) is 0 Å². The molecule has 7 heteroatoms. The summed E-state index contributed by atoms with van der Waals surface area (Å²) in [6.07, 6.45) is 0. The molecule has 0 aliphatic rings. The second-order valence-electron chi connectivity index (χ2n) is 4.45. The van der Waals surface area contributed by atoms with E-state index >= 15 is 0 Å². The highest BCUT2D eigenvalue weighted by Gasteiger charge is 2.14. The third-order valence-electron chi connectivity index (χ3n) is 2.43. The Bertz CT molecular complexity index is 650. The molecule has 0 bridgehead atoms. The number of nitrogens with two attached hydrogens (primary N) is 1. The topological polar surface area (TPSA) is 61.0 Å². The molecule has 2 rings (SSSR count). The van der Waals surface area contributed by atoms with Crippen LogP contribution in [0.15, 0.2) is 22.7 Å². The van der Waals surface area contributed by atoms with Crippen LogP contribution >= 0.6 is 15.9 Å². The molecule has 0 fully saturated rings. The van der Waals surface area contributed by atoms with E-state index in [0.29, 0.717) is 10.3 Å². The Morgan fingerprint density at radius 2 is 1.90 bits per heavy atom. The molecule has 4 nitrogen and oxygen atoms in total. The SMILES string of the molecule is CC(C)c1nc(N)cc(Oc2cc(Br)cc(F)c2F)n1. The second kappa shape index (κ2) is 5.70. The maximum absolute atomic E-state index is 13.6. The minimum absolute atomic E-state index is 0.0324. The van der Waals surface area contributed by atoms with Crippen molar-refractivity contribution in [3.63, 3.8) is 0 Å². The number of halogens is 3. The van der Waals surface area contributed by atoms with Gasteiger partial charge in [0.2, 0.25) is 11.7 Å². The van der Waals surface area contributed by atoms with Crippen LogP contribution in [-0.4, -0.2) is 9.97 Å². The van der Waals surface area contributed by atoms with Gasteiger partial charge in [-0.3, -0.25) is 0 Å². The first-order valence-electron chi connectivity index (χ1n) is 5.83. The summed E-state index contributed by atoms with van der Waals surface area (Å²) in [6, 6.07) is 3.67. The van der Waals surface area contributed by atoms with Crippen molar-refractivity contribution >= 4 is 21.7 Å². The molecule has 2 aromatic rings. The van der Waals surface area contributed by atoms with Crippen molar-refractivity contribution in [1.82, 2.24) is 9.97 Å². The van der Waals surface area contributed by atoms with Crippen molar-refractivity contribution in [3.8, 4) is 11.6 Å². The zero-order valence-electron chi connectivity index (χ0n) is 10.8. The molecule has 20 heavy (non-hydrogen) atoms. The number of nitrogens with zero attached hydrogens (tertiary/aromatic N) is 2. The van der Waals surface area contributed by atoms with E-state index in [1.807, 2.05) is 13.8 Å². The molecule has 1 aromatic heterocycles. The fourth-order valence-electron chi connectivity index (χ4n) is 1.49. The van der Waals surface area contributed by atoms with Gasteiger partial charge in [0.25, 0.3) is 0 Å². The number of hydrogen-bond donors (Lipinski definition) is 1. The zero-order valence-corrected chi connectivity index (χ0v) is 12.4. The maximum atomic E-state index is 13.6. The number of rotatable bonds is 3. The maximum Gasteiger partial charge on any atom is 0.224 e. The summed E-state index contributed by atoms with van der Waals surface area (Å²) in [5.41, 5.74) is 5.64. The number of ether oxygens (including phenoxy) is 1. The highest BCUT2D eigenvalue weighted by molar-refractivity contribution is 9.10. The molecule has 0 amide bonds. The first kappa shape index (κ1) is 14.6. The lowest BCUT2D eigenvalue weighted by molar-refractivity contribution is 0.402. The molecule has 106 valence electrons. The molecule has 0 radical (unpaired) electrons. The van der Waals surface area contributed by atoms with E-state index in [0.717, 1.165) is 6.07 Å². The Kier molecular flexibility index (Phi) is 4.17. The van der Waals surface area contributed by atoms with Crippen molar-refractivity contribution in [1.29, 1.82) is 0 Å². The van der Waals surface area contributed by atoms with Crippen LogP contribution in [0.4, 0.5) is 14.6 Å². The summed E-state index contributed by atoms with van der Waals surface area (Å²) in [4.78, 5) is 8.15. The van der Waals surface area contributed by atoms with Gasteiger partial charge in [-0.1, -0.05) is 29.8 Å². The average molecular weight is 344 g/mol. The third-order valence-corrected chi connectivity index (χ3v) is 2.89. The lowest BCUT2D eigenvalue weighted by atomic mass is 10.2. The molecule has 0 aliphatic heterocycles. The van der Waals surface area contributed by atoms with Gasteiger partial charge in [-0.25, -0.2) is 9.37 Å². The van der Waals surface area contributed by atoms with Gasteiger partial charge in [0.15, 0.2) is 11.6 Å². The Hall–Kier alpha value is -1.76. The summed E-state index contributed by atoms with van der Waals surface area (Å²) in [5.74, 6) is -1.60. The molecular formula is C13H12BrF2N3O. The largest absolute Gasteiger partial charge is 0.436 e. The molecule has 0 saturated heterocycles. The van der Waals surface area contributed by atoms with E-state index in [1.54, 1.807) is 0 Å². The van der Waals surface area contributed by atoms with E-state index in [-0.39, 0.29) is 23.4 Å². The molecule has 0 aliphatic carbocycles. The van der Waals surface area contributed by atoms with Crippen molar-refractivity contribution in [2.24, 2.45) is 0 Å². The van der Waals surface area contributed by atoms with E-state index in [1.165, 1.54) is 12.1 Å². The van der Waals surface area contributed by atoms with E-state index < -0.39 is 11.6 Å². The quantitative estimate of drug-likeness (QED) is 0.855. The zero-order chi connectivity index (χ0) is 14.9. The van der Waals surface area contributed by atoms with Gasteiger partial charge in [-0.05, 0) is 12.1 Å². The number of anilines is 1.